The van der Waals surface area contributed by atoms with Gasteiger partial charge in [-0.25, -0.2) is 19.9 Å². The fraction of sp³-hybridized carbons (Fsp3) is 0.412. The molecule has 3 aromatic rings. The summed E-state index contributed by atoms with van der Waals surface area (Å²) in [7, 11) is 0. The van der Waals surface area contributed by atoms with E-state index in [9.17, 15) is 0 Å². The summed E-state index contributed by atoms with van der Waals surface area (Å²) in [5, 5.41) is 4.04. The highest BCUT2D eigenvalue weighted by Gasteiger charge is 2.26. The minimum absolute atomic E-state index is 0.292. The highest BCUT2D eigenvalue weighted by Crippen LogP contribution is 2.31. The fourth-order valence-electron chi connectivity index (χ4n) is 3.22. The van der Waals surface area contributed by atoms with Crippen molar-refractivity contribution in [2.75, 3.05) is 11.9 Å². The van der Waals surface area contributed by atoms with Gasteiger partial charge in [-0.2, -0.15) is 0 Å². The van der Waals surface area contributed by atoms with E-state index in [1.807, 2.05) is 31.6 Å². The lowest BCUT2D eigenvalue weighted by Gasteiger charge is -2.34. The third-order valence-corrected chi connectivity index (χ3v) is 5.21. The van der Waals surface area contributed by atoms with E-state index in [-0.39, 0.29) is 0 Å². The van der Waals surface area contributed by atoms with E-state index in [0.29, 0.717) is 12.0 Å². The minimum atomic E-state index is 0.292. The zero-order chi connectivity index (χ0) is 17.1. The summed E-state index contributed by atoms with van der Waals surface area (Å²) in [6.07, 6.45) is 10.9. The Bertz CT molecular complexity index is 814. The lowest BCUT2D eigenvalue weighted by Crippen LogP contribution is -2.33. The molecule has 1 unspecified atom stereocenters. The maximum Gasteiger partial charge on any atom is 0.229 e. The number of aromatic nitrogens is 5. The first-order chi connectivity index (χ1) is 12.3. The monoisotopic (exact) mass is 355 g/mol. The van der Waals surface area contributed by atoms with Crippen molar-refractivity contribution >= 4 is 22.4 Å². The van der Waals surface area contributed by atoms with Crippen molar-refractivity contribution in [2.45, 2.75) is 38.8 Å². The van der Waals surface area contributed by atoms with E-state index in [4.69, 9.17) is 4.98 Å². The number of anilines is 2. The molecule has 0 aromatic carbocycles. The van der Waals surface area contributed by atoms with Gasteiger partial charge in [0.1, 0.15) is 5.82 Å². The average molecular weight is 355 g/mol. The quantitative estimate of drug-likeness (QED) is 0.729. The van der Waals surface area contributed by atoms with Crippen LogP contribution in [0.4, 0.5) is 11.1 Å². The zero-order valence-corrected chi connectivity index (χ0v) is 15.0. The van der Waals surface area contributed by atoms with E-state index in [1.54, 1.807) is 17.5 Å². The summed E-state index contributed by atoms with van der Waals surface area (Å²) in [5.74, 6) is 1.60. The molecule has 0 aliphatic carbocycles. The Kier molecular flexibility index (Phi) is 4.71. The first-order valence-corrected chi connectivity index (χ1v) is 9.34. The largest absolute Gasteiger partial charge is 0.348 e. The number of H-pyrrole nitrogens is 1. The van der Waals surface area contributed by atoms with Crippen molar-refractivity contribution in [3.63, 3.8) is 0 Å². The number of nitrogens with one attached hydrogen (secondary N) is 2. The Morgan fingerprint density at radius 3 is 3.04 bits per heavy atom. The normalized spacial score (nSPS) is 18.4. The Morgan fingerprint density at radius 2 is 2.24 bits per heavy atom. The summed E-state index contributed by atoms with van der Waals surface area (Å²) in [6, 6.07) is 2.31. The number of aryl methyl sites for hydroxylation is 1. The van der Waals surface area contributed by atoms with Crippen LogP contribution < -0.4 is 5.32 Å². The molecule has 0 radical (unpaired) electrons. The lowest BCUT2D eigenvalue weighted by atomic mass is 9.99. The molecule has 1 aliphatic rings. The number of piperidine rings is 1. The number of hydrogen-bond donors (Lipinski definition) is 2. The van der Waals surface area contributed by atoms with E-state index in [2.05, 4.69) is 30.2 Å². The Balaban J connectivity index is 1.53. The molecule has 130 valence electrons. The van der Waals surface area contributed by atoms with Crippen molar-refractivity contribution in [3.05, 3.63) is 47.2 Å². The summed E-state index contributed by atoms with van der Waals surface area (Å²) in [6.45, 7) is 3.91. The van der Waals surface area contributed by atoms with Gasteiger partial charge in [0.05, 0.1) is 18.3 Å². The molecule has 0 saturated carbocycles. The Labute approximate surface area is 150 Å². The zero-order valence-electron chi connectivity index (χ0n) is 14.1. The molecule has 2 N–H and O–H groups in total. The highest BCUT2D eigenvalue weighted by atomic mass is 32.1. The molecule has 25 heavy (non-hydrogen) atoms. The minimum Gasteiger partial charge on any atom is -0.348 e. The number of imidazole rings is 1. The first-order valence-electron chi connectivity index (χ1n) is 8.52. The molecule has 1 aliphatic heterocycles. The molecule has 3 aromatic heterocycles. The molecule has 7 nitrogen and oxygen atoms in total. The molecular formula is C17H21N7S. The van der Waals surface area contributed by atoms with E-state index >= 15 is 0 Å². The van der Waals surface area contributed by atoms with Gasteiger partial charge in [0.15, 0.2) is 5.13 Å². The van der Waals surface area contributed by atoms with Crippen molar-refractivity contribution < 1.29 is 0 Å². The van der Waals surface area contributed by atoms with Gasteiger partial charge in [-0.15, -0.1) is 11.3 Å². The number of aromatic amines is 1. The third kappa shape index (κ3) is 3.85. The summed E-state index contributed by atoms with van der Waals surface area (Å²) < 4.78 is 0. The lowest BCUT2D eigenvalue weighted by molar-refractivity contribution is 0.134. The second-order valence-corrected chi connectivity index (χ2v) is 7.46. The van der Waals surface area contributed by atoms with Crippen molar-refractivity contribution in [3.8, 4) is 0 Å². The number of hydrogen-bond acceptors (Lipinski definition) is 7. The summed E-state index contributed by atoms with van der Waals surface area (Å²) >= 11 is 1.60. The van der Waals surface area contributed by atoms with Crippen LogP contribution in [0.1, 0.15) is 41.7 Å². The van der Waals surface area contributed by atoms with Gasteiger partial charge < -0.3 is 10.3 Å². The van der Waals surface area contributed by atoms with Gasteiger partial charge in [-0.1, -0.05) is 6.42 Å². The van der Waals surface area contributed by atoms with Gasteiger partial charge in [0.2, 0.25) is 5.95 Å². The molecule has 0 spiro atoms. The van der Waals surface area contributed by atoms with Crippen LogP contribution in [-0.2, 0) is 6.54 Å². The molecule has 0 amide bonds. The van der Waals surface area contributed by atoms with Crippen molar-refractivity contribution in [1.29, 1.82) is 0 Å². The molecular weight excluding hydrogens is 334 g/mol. The number of thiazole rings is 1. The summed E-state index contributed by atoms with van der Waals surface area (Å²) in [4.78, 5) is 24.6. The third-order valence-electron chi connectivity index (χ3n) is 4.38. The van der Waals surface area contributed by atoms with Gasteiger partial charge in [-0.05, 0) is 32.4 Å². The van der Waals surface area contributed by atoms with Crippen LogP contribution in [0.5, 0.6) is 0 Å². The molecule has 0 bridgehead atoms. The maximum atomic E-state index is 4.75. The van der Waals surface area contributed by atoms with Crippen LogP contribution in [0.3, 0.4) is 0 Å². The average Bonchev–Trinajstić information content (AvgIpc) is 3.27. The summed E-state index contributed by atoms with van der Waals surface area (Å²) in [5.41, 5.74) is 1.05. The van der Waals surface area contributed by atoms with Crippen molar-refractivity contribution in [1.82, 2.24) is 29.8 Å². The van der Waals surface area contributed by atoms with Crippen molar-refractivity contribution in [2.24, 2.45) is 0 Å². The van der Waals surface area contributed by atoms with Crippen LogP contribution >= 0.6 is 11.3 Å². The first kappa shape index (κ1) is 16.2. The van der Waals surface area contributed by atoms with Gasteiger partial charge in [-0.3, -0.25) is 4.90 Å². The number of likely N-dealkylation sites (tertiary alicyclic amines) is 1. The van der Waals surface area contributed by atoms with Gasteiger partial charge in [0.25, 0.3) is 0 Å². The van der Waals surface area contributed by atoms with Gasteiger partial charge >= 0.3 is 0 Å². The second kappa shape index (κ2) is 7.28. The van der Waals surface area contributed by atoms with Crippen LogP contribution in [0.15, 0.2) is 30.9 Å². The van der Waals surface area contributed by atoms with Crippen LogP contribution in [0, 0.1) is 6.92 Å². The molecule has 1 saturated heterocycles. The smallest absolute Gasteiger partial charge is 0.229 e. The highest BCUT2D eigenvalue weighted by molar-refractivity contribution is 7.15. The standard InChI is InChI=1S/C17H21N7S/c1-12-10-21-17(25-12)23-16-20-6-5-13(22-16)14-4-2-3-9-24(14)11-15-18-7-8-19-15/h5-8,10,14H,2-4,9,11H2,1H3,(H,18,19)(H,20,21,22,23). The van der Waals surface area contributed by atoms with E-state index < -0.39 is 0 Å². The number of rotatable bonds is 5. The SMILES string of the molecule is Cc1cnc(Nc2nccc(C3CCCCN3Cc3ncc[nH]3)n2)s1. The van der Waals surface area contributed by atoms with Crippen LogP contribution in [-0.4, -0.2) is 36.4 Å². The molecule has 1 atom stereocenters. The van der Waals surface area contributed by atoms with Gasteiger partial charge in [0, 0.05) is 29.7 Å². The predicted molar refractivity (Wildman–Crippen MR) is 97.8 cm³/mol. The van der Waals surface area contributed by atoms with E-state index in [1.165, 1.54) is 12.8 Å². The Hall–Kier alpha value is -2.32. The molecule has 1 fully saturated rings. The second-order valence-electron chi connectivity index (χ2n) is 6.22. The van der Waals surface area contributed by atoms with Crippen LogP contribution in [0.2, 0.25) is 0 Å². The number of nitrogens with zero attached hydrogens (tertiary/aromatic N) is 5. The Morgan fingerprint density at radius 1 is 1.28 bits per heavy atom. The fourth-order valence-corrected chi connectivity index (χ4v) is 3.88. The topological polar surface area (TPSA) is 82.6 Å². The molecule has 8 heteroatoms. The maximum absolute atomic E-state index is 4.75. The van der Waals surface area contributed by atoms with E-state index in [0.717, 1.165) is 41.0 Å². The molecule has 4 heterocycles. The van der Waals surface area contributed by atoms with Crippen LogP contribution in [0.25, 0.3) is 0 Å². The predicted octanol–water partition coefficient (Wildman–Crippen LogP) is 3.44. The molecule has 4 rings (SSSR count).